The van der Waals surface area contributed by atoms with Crippen molar-refractivity contribution >= 4 is 11.9 Å². The number of aromatic hydroxyl groups is 1. The molecule has 1 saturated carbocycles. The molecule has 0 bridgehead atoms. The molecule has 6 heteroatoms. The van der Waals surface area contributed by atoms with Crippen LogP contribution in [-0.2, 0) is 19.1 Å². The number of benzene rings is 3. The quantitative estimate of drug-likeness (QED) is 0.0885. The average molecular weight is 625 g/mol. The fourth-order valence-corrected chi connectivity index (χ4v) is 6.94. The number of carbonyl (C=O) groups is 2. The molecule has 2 aliphatic carbocycles. The number of rotatable bonds is 13. The molecule has 0 saturated heterocycles. The van der Waals surface area contributed by atoms with Crippen LogP contribution in [0.25, 0.3) is 11.1 Å². The summed E-state index contributed by atoms with van der Waals surface area (Å²) >= 11 is 0. The summed E-state index contributed by atoms with van der Waals surface area (Å²) in [4.78, 5) is 26.8. The van der Waals surface area contributed by atoms with Crippen LogP contribution < -0.4 is 4.74 Å². The zero-order valence-corrected chi connectivity index (χ0v) is 27.6. The highest BCUT2D eigenvalue weighted by Crippen LogP contribution is 2.42. The van der Waals surface area contributed by atoms with Gasteiger partial charge in [0, 0.05) is 0 Å². The standard InChI is InChI=1S/C40H48O6/c1-39(2,37(42)45-24-23-44-36-22-17-29-11-8-12-32(29)25-36)26-33(31-13-18-34(41)19-14-31)27-40(3,4)38(43)46-35-20-15-30(16-21-35)28-9-6-5-7-10-28/h5-11,13-16,18-21,29,32-33,36,41H,12,17,22-27H2,1-4H3. The Labute approximate surface area is 273 Å². The molecule has 1 fully saturated rings. The fourth-order valence-electron chi connectivity index (χ4n) is 6.94. The first-order valence-corrected chi connectivity index (χ1v) is 16.6. The van der Waals surface area contributed by atoms with Gasteiger partial charge in [-0.25, -0.2) is 0 Å². The van der Waals surface area contributed by atoms with Gasteiger partial charge >= 0.3 is 11.9 Å². The Balaban J connectivity index is 1.18. The van der Waals surface area contributed by atoms with Crippen molar-refractivity contribution in [1.82, 2.24) is 0 Å². The molecule has 0 amide bonds. The van der Waals surface area contributed by atoms with Gasteiger partial charge in [0.05, 0.1) is 23.5 Å². The molecule has 0 aliphatic heterocycles. The van der Waals surface area contributed by atoms with Crippen LogP contribution in [0.15, 0.2) is 91.0 Å². The highest BCUT2D eigenvalue weighted by atomic mass is 16.6. The molecule has 0 heterocycles. The number of carbonyl (C=O) groups excluding carboxylic acids is 2. The van der Waals surface area contributed by atoms with Gasteiger partial charge in [-0.15, -0.1) is 0 Å². The lowest BCUT2D eigenvalue weighted by atomic mass is 9.72. The highest BCUT2D eigenvalue weighted by molar-refractivity contribution is 5.79. The van der Waals surface area contributed by atoms with Crippen LogP contribution in [0.4, 0.5) is 0 Å². The Bertz CT molecular complexity index is 1470. The van der Waals surface area contributed by atoms with Gasteiger partial charge in [0.15, 0.2) is 0 Å². The molecule has 6 nitrogen and oxygen atoms in total. The number of phenols is 1. The SMILES string of the molecule is CC(C)(CC(CC(C)(C)C(=O)Oc1ccc(-c2ccccc2)cc1)c1ccc(O)cc1)C(=O)OCCOC1CCC2C=CCC2C1. The molecule has 4 atom stereocenters. The smallest absolute Gasteiger partial charge is 0.316 e. The van der Waals surface area contributed by atoms with Crippen LogP contribution in [0.1, 0.15) is 77.7 Å². The molecule has 4 unspecified atom stereocenters. The number of allylic oxidation sites excluding steroid dienone is 2. The third kappa shape index (κ3) is 8.67. The summed E-state index contributed by atoms with van der Waals surface area (Å²) in [6.07, 6.45) is 10.2. The molecule has 0 radical (unpaired) electrons. The van der Waals surface area contributed by atoms with Gasteiger partial charge < -0.3 is 19.3 Å². The number of fused-ring (bicyclic) bond motifs is 1. The fraction of sp³-hybridized carbons (Fsp3) is 0.450. The van der Waals surface area contributed by atoms with E-state index in [2.05, 4.69) is 12.2 Å². The van der Waals surface area contributed by atoms with Crippen LogP contribution in [0.2, 0.25) is 0 Å². The van der Waals surface area contributed by atoms with E-state index < -0.39 is 10.8 Å². The van der Waals surface area contributed by atoms with Crippen molar-refractivity contribution in [2.45, 2.75) is 78.2 Å². The minimum Gasteiger partial charge on any atom is -0.508 e. The predicted octanol–water partition coefficient (Wildman–Crippen LogP) is 8.89. The molecule has 0 aromatic heterocycles. The minimum atomic E-state index is -0.859. The molecule has 3 aromatic carbocycles. The largest absolute Gasteiger partial charge is 0.508 e. The number of hydrogen-bond donors (Lipinski definition) is 1. The van der Waals surface area contributed by atoms with Crippen molar-refractivity contribution in [2.24, 2.45) is 22.7 Å². The van der Waals surface area contributed by atoms with E-state index in [0.29, 0.717) is 37.0 Å². The maximum atomic E-state index is 13.5. The van der Waals surface area contributed by atoms with Crippen molar-refractivity contribution in [3.8, 4) is 22.6 Å². The van der Waals surface area contributed by atoms with Gasteiger partial charge in [0.2, 0.25) is 0 Å². The van der Waals surface area contributed by atoms with E-state index >= 15 is 0 Å². The van der Waals surface area contributed by atoms with Crippen molar-refractivity contribution in [3.05, 3.63) is 96.6 Å². The van der Waals surface area contributed by atoms with Crippen LogP contribution in [-0.4, -0.2) is 36.4 Å². The molecule has 0 spiro atoms. The van der Waals surface area contributed by atoms with Gasteiger partial charge in [-0.1, -0.05) is 66.7 Å². The zero-order valence-electron chi connectivity index (χ0n) is 27.6. The molecule has 3 aromatic rings. The lowest BCUT2D eigenvalue weighted by molar-refractivity contribution is -0.157. The van der Waals surface area contributed by atoms with Crippen molar-refractivity contribution < 1.29 is 28.9 Å². The number of hydrogen-bond acceptors (Lipinski definition) is 6. The molecule has 244 valence electrons. The van der Waals surface area contributed by atoms with E-state index in [1.807, 2.05) is 94.4 Å². The normalized spacial score (nSPS) is 20.1. The van der Waals surface area contributed by atoms with E-state index in [-0.39, 0.29) is 36.3 Å². The average Bonchev–Trinajstić information content (AvgIpc) is 3.52. The molecule has 2 aliphatic rings. The predicted molar refractivity (Wildman–Crippen MR) is 180 cm³/mol. The maximum absolute atomic E-state index is 13.5. The second-order valence-corrected chi connectivity index (χ2v) is 14.3. The number of ether oxygens (including phenoxy) is 3. The van der Waals surface area contributed by atoms with E-state index in [1.165, 1.54) is 6.42 Å². The minimum absolute atomic E-state index is 0.163. The van der Waals surface area contributed by atoms with Gasteiger partial charge in [-0.2, -0.15) is 0 Å². The third-order valence-electron chi connectivity index (χ3n) is 9.64. The first kappa shape index (κ1) is 33.5. The van der Waals surface area contributed by atoms with Crippen LogP contribution >= 0.6 is 0 Å². The highest BCUT2D eigenvalue weighted by Gasteiger charge is 2.39. The van der Waals surface area contributed by atoms with E-state index in [4.69, 9.17) is 14.2 Å². The molecule has 1 N–H and O–H groups in total. The third-order valence-corrected chi connectivity index (χ3v) is 9.64. The maximum Gasteiger partial charge on any atom is 0.316 e. The number of esters is 2. The zero-order chi connectivity index (χ0) is 32.7. The van der Waals surface area contributed by atoms with Gasteiger partial charge in [0.1, 0.15) is 18.1 Å². The summed E-state index contributed by atoms with van der Waals surface area (Å²) in [6, 6.07) is 24.5. The summed E-state index contributed by atoms with van der Waals surface area (Å²) in [6.45, 7) is 8.13. The van der Waals surface area contributed by atoms with Gasteiger partial charge in [-0.3, -0.25) is 9.59 Å². The summed E-state index contributed by atoms with van der Waals surface area (Å²) in [7, 11) is 0. The molecule has 5 rings (SSSR count). The van der Waals surface area contributed by atoms with Crippen LogP contribution in [0.3, 0.4) is 0 Å². The second kappa shape index (κ2) is 14.7. The molecular weight excluding hydrogens is 576 g/mol. The van der Waals surface area contributed by atoms with E-state index in [1.54, 1.807) is 12.1 Å². The monoisotopic (exact) mass is 624 g/mol. The van der Waals surface area contributed by atoms with E-state index in [9.17, 15) is 14.7 Å². The summed E-state index contributed by atoms with van der Waals surface area (Å²) < 4.78 is 17.7. The van der Waals surface area contributed by atoms with Gasteiger partial charge in [0.25, 0.3) is 0 Å². The molecular formula is C40H48O6. The topological polar surface area (TPSA) is 82.1 Å². The van der Waals surface area contributed by atoms with Crippen molar-refractivity contribution in [1.29, 1.82) is 0 Å². The Morgan fingerprint density at radius 3 is 2.15 bits per heavy atom. The van der Waals surface area contributed by atoms with E-state index in [0.717, 1.165) is 36.0 Å². The Kier molecular flexibility index (Phi) is 10.7. The first-order chi connectivity index (χ1) is 22.0. The van der Waals surface area contributed by atoms with Crippen LogP contribution in [0.5, 0.6) is 11.5 Å². The molecule has 46 heavy (non-hydrogen) atoms. The van der Waals surface area contributed by atoms with Crippen LogP contribution in [0, 0.1) is 22.7 Å². The lowest BCUT2D eigenvalue weighted by Crippen LogP contribution is -2.34. The van der Waals surface area contributed by atoms with Crippen molar-refractivity contribution in [3.63, 3.8) is 0 Å². The second-order valence-electron chi connectivity index (χ2n) is 14.3. The Morgan fingerprint density at radius 2 is 1.46 bits per heavy atom. The first-order valence-electron chi connectivity index (χ1n) is 16.6. The lowest BCUT2D eigenvalue weighted by Gasteiger charge is -2.33. The Morgan fingerprint density at radius 1 is 0.804 bits per heavy atom. The number of phenolic OH excluding ortho intramolecular Hbond substituents is 1. The summed E-state index contributed by atoms with van der Waals surface area (Å²) in [5, 5.41) is 9.93. The Hall–Kier alpha value is -3.90. The van der Waals surface area contributed by atoms with Gasteiger partial charge in [-0.05, 0) is 125 Å². The van der Waals surface area contributed by atoms with Crippen molar-refractivity contribution in [2.75, 3.05) is 13.2 Å². The summed E-state index contributed by atoms with van der Waals surface area (Å²) in [5.74, 6) is 1.25. The summed E-state index contributed by atoms with van der Waals surface area (Å²) in [5.41, 5.74) is 1.40.